The molecule has 5 heteroatoms. The van der Waals surface area contributed by atoms with E-state index < -0.39 is 0 Å². The first-order chi connectivity index (χ1) is 7.54. The van der Waals surface area contributed by atoms with Gasteiger partial charge in [0.1, 0.15) is 5.82 Å². The molecule has 0 saturated heterocycles. The molecule has 16 heavy (non-hydrogen) atoms. The summed E-state index contributed by atoms with van der Waals surface area (Å²) in [7, 11) is 0. The number of guanidine groups is 1. The maximum Gasteiger partial charge on any atom is 0.193 e. The third-order valence-electron chi connectivity index (χ3n) is 2.04. The quantitative estimate of drug-likeness (QED) is 0.663. The molecule has 0 atom stereocenters. The second-order valence-electron chi connectivity index (χ2n) is 3.47. The van der Waals surface area contributed by atoms with E-state index in [4.69, 9.17) is 5.73 Å². The zero-order valence-electron chi connectivity index (χ0n) is 9.35. The van der Waals surface area contributed by atoms with Crippen LogP contribution in [0.1, 0.15) is 18.9 Å². The maximum absolute atomic E-state index is 13.3. The number of hydrogen-bond donors (Lipinski definition) is 2. The van der Waals surface area contributed by atoms with Crippen LogP contribution in [0.3, 0.4) is 0 Å². The summed E-state index contributed by atoms with van der Waals surface area (Å²) in [6.45, 7) is 4.55. The molecule has 0 bridgehead atoms. The van der Waals surface area contributed by atoms with Gasteiger partial charge in [-0.1, -0.05) is 6.92 Å². The normalized spacial score (nSPS) is 11.6. The molecule has 3 nitrogen and oxygen atoms in total. The summed E-state index contributed by atoms with van der Waals surface area (Å²) in [6.07, 6.45) is 0.927. The molecule has 0 aliphatic carbocycles. The van der Waals surface area contributed by atoms with Crippen molar-refractivity contribution in [3.8, 4) is 0 Å². The first-order valence-corrected chi connectivity index (χ1v) is 5.86. The van der Waals surface area contributed by atoms with Gasteiger partial charge >= 0.3 is 0 Å². The number of rotatable bonds is 3. The fourth-order valence-corrected chi connectivity index (χ4v) is 1.65. The molecular formula is C11H15BrFN3. The number of benzene rings is 1. The van der Waals surface area contributed by atoms with E-state index in [2.05, 4.69) is 26.2 Å². The lowest BCUT2D eigenvalue weighted by Crippen LogP contribution is -2.23. The van der Waals surface area contributed by atoms with Crippen molar-refractivity contribution in [3.05, 3.63) is 28.0 Å². The first kappa shape index (κ1) is 13.0. The first-order valence-electron chi connectivity index (χ1n) is 5.07. The molecule has 0 aromatic heterocycles. The third-order valence-corrected chi connectivity index (χ3v) is 2.64. The Balaban J connectivity index is 2.85. The fraction of sp³-hybridized carbons (Fsp3) is 0.364. The maximum atomic E-state index is 13.3. The van der Waals surface area contributed by atoms with Crippen molar-refractivity contribution in [3.63, 3.8) is 0 Å². The van der Waals surface area contributed by atoms with Crippen molar-refractivity contribution in [1.29, 1.82) is 0 Å². The Morgan fingerprint density at radius 2 is 2.25 bits per heavy atom. The molecule has 0 amide bonds. The van der Waals surface area contributed by atoms with Crippen LogP contribution in [0.5, 0.6) is 0 Å². The Morgan fingerprint density at radius 3 is 2.88 bits per heavy atom. The summed E-state index contributed by atoms with van der Waals surface area (Å²) in [5.74, 6) is -0.0111. The molecule has 88 valence electrons. The zero-order valence-corrected chi connectivity index (χ0v) is 10.9. The number of nitrogens with zero attached hydrogens (tertiary/aromatic N) is 1. The van der Waals surface area contributed by atoms with Crippen molar-refractivity contribution in [2.45, 2.75) is 20.3 Å². The fourth-order valence-electron chi connectivity index (χ4n) is 1.19. The summed E-state index contributed by atoms with van der Waals surface area (Å²) in [4.78, 5) is 4.08. The highest BCUT2D eigenvalue weighted by molar-refractivity contribution is 9.10. The SMILES string of the molecule is CCCN=C(N)Nc1cc(F)c(Br)cc1C. The minimum absolute atomic E-state index is 0.312. The lowest BCUT2D eigenvalue weighted by molar-refractivity contribution is 0.621. The summed E-state index contributed by atoms with van der Waals surface area (Å²) < 4.78 is 13.7. The molecule has 0 unspecified atom stereocenters. The Labute approximate surface area is 103 Å². The number of anilines is 1. The number of aryl methyl sites for hydroxylation is 1. The number of hydrogen-bond acceptors (Lipinski definition) is 1. The average Bonchev–Trinajstić information content (AvgIpc) is 2.23. The molecule has 1 rings (SSSR count). The van der Waals surface area contributed by atoms with E-state index in [0.29, 0.717) is 22.7 Å². The highest BCUT2D eigenvalue weighted by Gasteiger charge is 2.05. The van der Waals surface area contributed by atoms with Crippen molar-refractivity contribution < 1.29 is 4.39 Å². The predicted octanol–water partition coefficient (Wildman–Crippen LogP) is 3.03. The van der Waals surface area contributed by atoms with Crippen molar-refractivity contribution in [2.24, 2.45) is 10.7 Å². The molecule has 0 fully saturated rings. The van der Waals surface area contributed by atoms with Gasteiger partial charge in [-0.25, -0.2) is 4.39 Å². The van der Waals surface area contributed by atoms with E-state index >= 15 is 0 Å². The lowest BCUT2D eigenvalue weighted by atomic mass is 10.2. The Morgan fingerprint density at radius 1 is 1.56 bits per heavy atom. The molecule has 0 spiro atoms. The van der Waals surface area contributed by atoms with Gasteiger partial charge in [0.15, 0.2) is 5.96 Å². The van der Waals surface area contributed by atoms with E-state index in [1.54, 1.807) is 6.07 Å². The van der Waals surface area contributed by atoms with Crippen LogP contribution in [0, 0.1) is 12.7 Å². The Hall–Kier alpha value is -1.10. The summed E-state index contributed by atoms with van der Waals surface area (Å²) in [5, 5.41) is 2.88. The largest absolute Gasteiger partial charge is 0.370 e. The van der Waals surface area contributed by atoms with Crippen LogP contribution in [-0.2, 0) is 0 Å². The zero-order chi connectivity index (χ0) is 12.1. The summed E-state index contributed by atoms with van der Waals surface area (Å²) >= 11 is 3.12. The topological polar surface area (TPSA) is 50.4 Å². The summed E-state index contributed by atoms with van der Waals surface area (Å²) in [5.41, 5.74) is 7.20. The van der Waals surface area contributed by atoms with Gasteiger partial charge in [-0.3, -0.25) is 4.99 Å². The number of halogens is 2. The van der Waals surface area contributed by atoms with Crippen LogP contribution in [0.4, 0.5) is 10.1 Å². The van der Waals surface area contributed by atoms with Gasteiger partial charge in [0, 0.05) is 12.2 Å². The molecule has 1 aromatic carbocycles. The lowest BCUT2D eigenvalue weighted by Gasteiger charge is -2.09. The van der Waals surface area contributed by atoms with Crippen molar-refractivity contribution in [2.75, 3.05) is 11.9 Å². The van der Waals surface area contributed by atoms with Gasteiger partial charge in [-0.05, 0) is 47.0 Å². The van der Waals surface area contributed by atoms with E-state index in [-0.39, 0.29) is 5.82 Å². The number of nitrogens with two attached hydrogens (primary N) is 1. The second kappa shape index (κ2) is 5.84. The highest BCUT2D eigenvalue weighted by Crippen LogP contribution is 2.23. The average molecular weight is 288 g/mol. The van der Waals surface area contributed by atoms with Gasteiger partial charge in [0.2, 0.25) is 0 Å². The van der Waals surface area contributed by atoms with E-state index in [9.17, 15) is 4.39 Å². The molecule has 0 heterocycles. The van der Waals surface area contributed by atoms with Gasteiger partial charge in [-0.15, -0.1) is 0 Å². The van der Waals surface area contributed by atoms with Crippen LogP contribution in [-0.4, -0.2) is 12.5 Å². The Kier molecular flexibility index (Phi) is 4.73. The van der Waals surface area contributed by atoms with Gasteiger partial charge in [0.05, 0.1) is 4.47 Å². The number of nitrogens with one attached hydrogen (secondary N) is 1. The van der Waals surface area contributed by atoms with Crippen molar-refractivity contribution >= 4 is 27.6 Å². The smallest absolute Gasteiger partial charge is 0.193 e. The van der Waals surface area contributed by atoms with Crippen LogP contribution < -0.4 is 11.1 Å². The highest BCUT2D eigenvalue weighted by atomic mass is 79.9. The minimum Gasteiger partial charge on any atom is -0.370 e. The van der Waals surface area contributed by atoms with Crippen LogP contribution in [0.25, 0.3) is 0 Å². The third kappa shape index (κ3) is 3.48. The molecule has 1 aromatic rings. The molecule has 3 N–H and O–H groups in total. The monoisotopic (exact) mass is 287 g/mol. The molecule has 0 aliphatic heterocycles. The Bertz CT molecular complexity index is 404. The van der Waals surface area contributed by atoms with E-state index in [1.165, 1.54) is 6.07 Å². The molecule has 0 saturated carbocycles. The molecular weight excluding hydrogens is 273 g/mol. The van der Waals surface area contributed by atoms with Gasteiger partial charge in [0.25, 0.3) is 0 Å². The van der Waals surface area contributed by atoms with Crippen LogP contribution in [0.15, 0.2) is 21.6 Å². The predicted molar refractivity (Wildman–Crippen MR) is 69.2 cm³/mol. The van der Waals surface area contributed by atoms with Gasteiger partial charge < -0.3 is 11.1 Å². The minimum atomic E-state index is -0.323. The molecule has 0 aliphatic rings. The van der Waals surface area contributed by atoms with Crippen LogP contribution in [0.2, 0.25) is 0 Å². The van der Waals surface area contributed by atoms with E-state index in [0.717, 1.165) is 12.0 Å². The van der Waals surface area contributed by atoms with Crippen molar-refractivity contribution in [1.82, 2.24) is 0 Å². The molecule has 0 radical (unpaired) electrons. The van der Waals surface area contributed by atoms with Gasteiger partial charge in [-0.2, -0.15) is 0 Å². The number of aliphatic imine (C=N–C) groups is 1. The standard InChI is InChI=1S/C11H15BrFN3/c1-3-4-15-11(14)16-10-6-9(13)8(12)5-7(10)2/h5-6H,3-4H2,1-2H3,(H3,14,15,16). The van der Waals surface area contributed by atoms with Crippen LogP contribution >= 0.6 is 15.9 Å². The van der Waals surface area contributed by atoms with E-state index in [1.807, 2.05) is 13.8 Å². The second-order valence-corrected chi connectivity index (χ2v) is 4.33. The summed E-state index contributed by atoms with van der Waals surface area (Å²) in [6, 6.07) is 3.10.